The molecule has 3 aromatic rings. The maximum Gasteiger partial charge on any atom is 0.204 e. The van der Waals surface area contributed by atoms with Gasteiger partial charge in [0, 0.05) is 25.2 Å². The van der Waals surface area contributed by atoms with E-state index in [2.05, 4.69) is 43.5 Å². The minimum Gasteiger partial charge on any atom is -0.370 e. The van der Waals surface area contributed by atoms with Gasteiger partial charge in [-0.05, 0) is 70.6 Å². The van der Waals surface area contributed by atoms with Gasteiger partial charge in [0.2, 0.25) is 5.78 Å². The smallest absolute Gasteiger partial charge is 0.204 e. The first-order valence-electron chi connectivity index (χ1n) is 9.73. The molecule has 0 radical (unpaired) electrons. The summed E-state index contributed by atoms with van der Waals surface area (Å²) in [5, 5.41) is 0.832. The van der Waals surface area contributed by atoms with Gasteiger partial charge in [0.05, 0.1) is 37.2 Å². The zero-order chi connectivity index (χ0) is 22.2. The number of halogens is 3. The Morgan fingerprint density at radius 1 is 1.39 bits per heavy atom. The average Bonchev–Trinajstić information content (AvgIpc) is 3.25. The number of fused-ring (bicyclic) bond motifs is 1. The minimum absolute atomic E-state index is 0.114. The number of carbonyl (C=O) groups is 1. The summed E-state index contributed by atoms with van der Waals surface area (Å²) in [6, 6.07) is 6.84. The van der Waals surface area contributed by atoms with E-state index in [1.54, 1.807) is 29.1 Å². The van der Waals surface area contributed by atoms with E-state index >= 15 is 0 Å². The van der Waals surface area contributed by atoms with Crippen LogP contribution in [-0.2, 0) is 20.8 Å². The number of pyridine rings is 1. The van der Waals surface area contributed by atoms with Gasteiger partial charge < -0.3 is 18.8 Å². The van der Waals surface area contributed by atoms with Crippen LogP contribution in [0.1, 0.15) is 29.9 Å². The molecule has 0 unspecified atom stereocenters. The quantitative estimate of drug-likeness (QED) is 0.283. The van der Waals surface area contributed by atoms with Crippen LogP contribution in [0.5, 0.6) is 0 Å². The normalized spacial score (nSPS) is 18.0. The molecule has 0 spiro atoms. The van der Waals surface area contributed by atoms with Gasteiger partial charge in [-0.3, -0.25) is 9.78 Å². The number of carbonyl (C=O) groups excluding carboxylic acids is 1. The van der Waals surface area contributed by atoms with Crippen molar-refractivity contribution in [3.63, 3.8) is 0 Å². The van der Waals surface area contributed by atoms with Crippen LogP contribution in [0.15, 0.2) is 41.1 Å². The Hall–Kier alpha value is -1.40. The predicted molar refractivity (Wildman–Crippen MR) is 126 cm³/mol. The highest BCUT2D eigenvalue weighted by Gasteiger charge is 2.32. The number of aromatic nitrogens is 2. The van der Waals surface area contributed by atoms with Crippen molar-refractivity contribution in [1.29, 1.82) is 0 Å². The van der Waals surface area contributed by atoms with Crippen LogP contribution in [0, 0.1) is 9.39 Å². The molecule has 164 valence electrons. The molecule has 31 heavy (non-hydrogen) atoms. The number of hydrogen-bond acceptors (Lipinski definition) is 5. The molecule has 0 N–H and O–H groups in total. The van der Waals surface area contributed by atoms with Crippen molar-refractivity contribution in [1.82, 2.24) is 9.55 Å². The molecule has 0 saturated carbocycles. The van der Waals surface area contributed by atoms with E-state index in [1.807, 2.05) is 19.9 Å². The summed E-state index contributed by atoms with van der Waals surface area (Å²) in [6.07, 6.45) is 3.13. The van der Waals surface area contributed by atoms with Crippen molar-refractivity contribution in [3.05, 3.63) is 61.8 Å². The fourth-order valence-electron chi connectivity index (χ4n) is 3.56. The van der Waals surface area contributed by atoms with Gasteiger partial charge >= 0.3 is 0 Å². The number of ketones is 1. The molecule has 1 aliphatic rings. The van der Waals surface area contributed by atoms with Crippen LogP contribution in [-0.4, -0.2) is 47.0 Å². The summed E-state index contributed by atoms with van der Waals surface area (Å²) in [7, 11) is 0. The van der Waals surface area contributed by atoms with Crippen LogP contribution in [0.3, 0.4) is 0 Å². The lowest BCUT2D eigenvalue weighted by Gasteiger charge is -2.17. The van der Waals surface area contributed by atoms with Crippen molar-refractivity contribution >= 4 is 55.2 Å². The molecule has 1 aromatic carbocycles. The third-order valence-electron chi connectivity index (χ3n) is 5.01. The Kier molecular flexibility index (Phi) is 6.78. The maximum atomic E-state index is 14.5. The molecule has 0 aliphatic carbocycles. The second-order valence-electron chi connectivity index (χ2n) is 7.79. The molecule has 1 aliphatic heterocycles. The highest BCUT2D eigenvalue weighted by Crippen LogP contribution is 2.28. The van der Waals surface area contributed by atoms with Gasteiger partial charge in [-0.25, -0.2) is 4.39 Å². The van der Waals surface area contributed by atoms with Gasteiger partial charge in [0.25, 0.3) is 0 Å². The van der Waals surface area contributed by atoms with Gasteiger partial charge in [-0.1, -0.05) is 6.07 Å². The third-order valence-corrected chi connectivity index (χ3v) is 6.32. The summed E-state index contributed by atoms with van der Waals surface area (Å²) in [4.78, 5) is 17.2. The molecule has 3 heterocycles. The second kappa shape index (κ2) is 9.22. The first kappa shape index (κ1) is 22.8. The number of hydrogen-bond donors (Lipinski definition) is 0. The molecule has 9 heteroatoms. The highest BCUT2D eigenvalue weighted by atomic mass is 127. The lowest BCUT2D eigenvalue weighted by Crippen LogP contribution is -2.25. The molecule has 1 atom stereocenters. The molecule has 2 aromatic heterocycles. The number of nitrogens with zero attached hydrogens (tertiary/aromatic N) is 2. The molecule has 4 rings (SSSR count). The number of Topliss-reactive ketones (excluding diaryl/α,β-unsaturated/α-hetero) is 1. The maximum absolute atomic E-state index is 14.5. The first-order chi connectivity index (χ1) is 14.7. The van der Waals surface area contributed by atoms with E-state index in [9.17, 15) is 9.18 Å². The van der Waals surface area contributed by atoms with Crippen molar-refractivity contribution < 1.29 is 23.4 Å². The molecule has 6 nitrogen and oxygen atoms in total. The Labute approximate surface area is 201 Å². The van der Waals surface area contributed by atoms with Gasteiger partial charge in [-0.2, -0.15) is 0 Å². The first-order valence-corrected chi connectivity index (χ1v) is 11.6. The standard InChI is InChI=1S/C22H21BrFIN2O4/c1-22(2)30-11-15(31-22)10-29-12-21(28)19-6-16-17(23)7-26-8-20(16)27(19)9-13-3-4-14(25)5-18(13)24/h3-8,15H,9-12H2,1-2H3/t15-/m0/s1. The van der Waals surface area contributed by atoms with Crippen LogP contribution in [0.25, 0.3) is 10.9 Å². The fourth-order valence-corrected chi connectivity index (χ4v) is 4.45. The van der Waals surface area contributed by atoms with Gasteiger partial charge in [0.15, 0.2) is 5.79 Å². The minimum atomic E-state index is -0.638. The van der Waals surface area contributed by atoms with E-state index in [-0.39, 0.29) is 37.5 Å². The Morgan fingerprint density at radius 2 is 2.19 bits per heavy atom. The van der Waals surface area contributed by atoms with E-state index < -0.39 is 5.79 Å². The summed E-state index contributed by atoms with van der Waals surface area (Å²) in [5.41, 5.74) is 1.67. The molecule has 0 amide bonds. The van der Waals surface area contributed by atoms with Crippen molar-refractivity contribution in [2.45, 2.75) is 32.3 Å². The van der Waals surface area contributed by atoms with Crippen molar-refractivity contribution in [2.75, 3.05) is 19.8 Å². The zero-order valence-corrected chi connectivity index (χ0v) is 20.8. The van der Waals surface area contributed by atoms with Gasteiger partial charge in [-0.15, -0.1) is 0 Å². The molecular formula is C22H21BrFIN2O4. The topological polar surface area (TPSA) is 62.6 Å². The zero-order valence-electron chi connectivity index (χ0n) is 17.0. The lowest BCUT2D eigenvalue weighted by molar-refractivity contribution is -0.144. The number of ether oxygens (including phenoxy) is 3. The number of rotatable bonds is 7. The Morgan fingerprint density at radius 3 is 2.90 bits per heavy atom. The van der Waals surface area contributed by atoms with Crippen molar-refractivity contribution in [2.24, 2.45) is 0 Å². The molecule has 1 saturated heterocycles. The fraction of sp³-hybridized carbons (Fsp3) is 0.364. The molecular weight excluding hydrogens is 582 g/mol. The van der Waals surface area contributed by atoms with Gasteiger partial charge in [0.1, 0.15) is 18.5 Å². The van der Waals surface area contributed by atoms with Crippen molar-refractivity contribution in [3.8, 4) is 0 Å². The molecule has 1 fully saturated rings. The van der Waals surface area contributed by atoms with Crippen LogP contribution < -0.4 is 0 Å². The molecule has 0 bridgehead atoms. The van der Waals surface area contributed by atoms with Crippen LogP contribution in [0.4, 0.5) is 4.39 Å². The van der Waals surface area contributed by atoms with E-state index in [0.717, 1.165) is 18.9 Å². The Balaban J connectivity index is 1.57. The predicted octanol–water partition coefficient (Wildman–Crippen LogP) is 4.94. The monoisotopic (exact) mass is 602 g/mol. The third kappa shape index (κ3) is 5.16. The largest absolute Gasteiger partial charge is 0.370 e. The van der Waals surface area contributed by atoms with E-state index in [0.29, 0.717) is 17.9 Å². The second-order valence-corrected chi connectivity index (χ2v) is 9.89. The van der Waals surface area contributed by atoms with E-state index in [1.165, 1.54) is 6.07 Å². The SMILES string of the molecule is CC1(C)OC[C@H](COCC(=O)c2cc3c(Br)cncc3n2Cc2ccc(I)cc2F)O1. The Bertz CT molecular complexity index is 1130. The van der Waals surface area contributed by atoms with Crippen LogP contribution in [0.2, 0.25) is 0 Å². The summed E-state index contributed by atoms with van der Waals surface area (Å²) in [6.45, 7) is 4.45. The summed E-state index contributed by atoms with van der Waals surface area (Å²) >= 11 is 5.56. The van der Waals surface area contributed by atoms with E-state index in [4.69, 9.17) is 14.2 Å². The average molecular weight is 603 g/mol. The summed E-state index contributed by atoms with van der Waals surface area (Å²) in [5.74, 6) is -1.15. The number of benzene rings is 1. The summed E-state index contributed by atoms with van der Waals surface area (Å²) < 4.78 is 34.7. The lowest BCUT2D eigenvalue weighted by atomic mass is 10.2. The highest BCUT2D eigenvalue weighted by molar-refractivity contribution is 14.1. The van der Waals surface area contributed by atoms with Crippen LogP contribution >= 0.6 is 38.5 Å².